The van der Waals surface area contributed by atoms with Crippen molar-refractivity contribution < 1.29 is 0 Å². The summed E-state index contributed by atoms with van der Waals surface area (Å²) in [6.45, 7) is 3.04. The average molecular weight is 148 g/mol. The van der Waals surface area contributed by atoms with Crippen molar-refractivity contribution in [2.45, 2.75) is 13.5 Å². The Labute approximate surface area is 68.7 Å². The molecule has 0 aromatic heterocycles. The zero-order valence-corrected chi connectivity index (χ0v) is 7.39. The molecule has 0 fully saturated rings. The molecule has 59 valence electrons. The first kappa shape index (κ1) is 8.28. The summed E-state index contributed by atoms with van der Waals surface area (Å²) in [5.74, 6) is 0. The molecule has 0 aliphatic rings. The summed E-state index contributed by atoms with van der Waals surface area (Å²) < 4.78 is 0. The van der Waals surface area contributed by atoms with Crippen LogP contribution in [0.4, 0.5) is 0 Å². The molecule has 1 rings (SSSR count). The van der Waals surface area contributed by atoms with E-state index in [2.05, 4.69) is 50.2 Å². The van der Waals surface area contributed by atoms with Crippen LogP contribution in [-0.2, 0) is 6.54 Å². The Bertz CT molecular complexity index is 228. The summed E-state index contributed by atoms with van der Waals surface area (Å²) in [5.41, 5.74) is 2.47. The molecule has 0 aliphatic carbocycles. The Balaban J connectivity index is 2.71. The van der Waals surface area contributed by atoms with Crippen molar-refractivity contribution in [3.8, 4) is 0 Å². The summed E-state index contributed by atoms with van der Waals surface area (Å²) in [7, 11) is 4.13. The number of aryl methyl sites for hydroxylation is 1. The maximum Gasteiger partial charge on any atom is 0.0233 e. The quantitative estimate of drug-likeness (QED) is 0.618. The number of benzene rings is 1. The largest absolute Gasteiger partial charge is 0.305 e. The minimum atomic E-state index is 0.974. The van der Waals surface area contributed by atoms with E-state index in [1.165, 1.54) is 11.1 Å². The molecule has 1 aromatic rings. The van der Waals surface area contributed by atoms with Gasteiger partial charge in [-0.3, -0.25) is 0 Å². The Hall–Kier alpha value is -0.820. The van der Waals surface area contributed by atoms with Crippen LogP contribution in [0.25, 0.3) is 0 Å². The number of hydrogen-bond acceptors (Lipinski definition) is 1. The van der Waals surface area contributed by atoms with E-state index < -0.39 is 0 Å². The molecule has 0 spiro atoms. The van der Waals surface area contributed by atoms with Gasteiger partial charge >= 0.3 is 0 Å². The van der Waals surface area contributed by atoms with Crippen molar-refractivity contribution in [3.05, 3.63) is 35.4 Å². The van der Waals surface area contributed by atoms with Crippen LogP contribution < -0.4 is 0 Å². The fraction of sp³-hybridized carbons (Fsp3) is 0.400. The highest BCUT2D eigenvalue weighted by atomic mass is 15.0. The van der Waals surface area contributed by atoms with E-state index in [1.54, 1.807) is 0 Å². The summed E-state index contributed by atoms with van der Waals surface area (Å²) in [6.07, 6.45) is 0. The fourth-order valence-corrected chi connectivity index (χ4v) is 1.08. The molecular weight excluding hydrogens is 134 g/mol. The third-order valence-electron chi connectivity index (χ3n) is 1.49. The van der Waals surface area contributed by atoms with Gasteiger partial charge in [0.2, 0.25) is 0 Å². The van der Waals surface area contributed by atoms with E-state index in [0.717, 1.165) is 6.54 Å². The summed E-state index contributed by atoms with van der Waals surface area (Å²) in [6, 6.07) is 9.54. The summed E-state index contributed by atoms with van der Waals surface area (Å²) >= 11 is 0. The van der Waals surface area contributed by atoms with Gasteiger partial charge in [0.05, 0.1) is 0 Å². The number of hydrogen-bond donors (Lipinski definition) is 0. The van der Waals surface area contributed by atoms with Crippen molar-refractivity contribution in [1.29, 1.82) is 0 Å². The van der Waals surface area contributed by atoms with Gasteiger partial charge in [-0.05, 0) is 38.2 Å². The third kappa shape index (κ3) is 2.72. The predicted molar refractivity (Wildman–Crippen MR) is 47.4 cm³/mol. The van der Waals surface area contributed by atoms with Gasteiger partial charge in [-0.2, -0.15) is 0 Å². The molecule has 0 atom stereocenters. The van der Waals surface area contributed by atoms with Crippen LogP contribution in [0.1, 0.15) is 11.1 Å². The first-order chi connectivity index (χ1) is 5.18. The van der Waals surface area contributed by atoms with Crippen LogP contribution in [-0.4, -0.2) is 19.0 Å². The predicted octanol–water partition coefficient (Wildman–Crippen LogP) is 1.86. The molecule has 0 bridgehead atoms. The van der Waals surface area contributed by atoms with Crippen molar-refractivity contribution >= 4 is 0 Å². The molecule has 1 nitrogen and oxygen atoms in total. The van der Waals surface area contributed by atoms with Gasteiger partial charge in [0.1, 0.15) is 0 Å². The van der Waals surface area contributed by atoms with E-state index in [0.29, 0.717) is 0 Å². The van der Waals surface area contributed by atoms with Crippen LogP contribution in [0.3, 0.4) is 0 Å². The number of nitrogens with zero attached hydrogens (tertiary/aromatic N) is 1. The summed E-state index contributed by atoms with van der Waals surface area (Å²) in [5, 5.41) is 0. The Morgan fingerprint density at radius 1 is 1.36 bits per heavy atom. The highest BCUT2D eigenvalue weighted by Crippen LogP contribution is 2.03. The minimum absolute atomic E-state index is 0.974. The van der Waals surface area contributed by atoms with Crippen LogP contribution in [0.2, 0.25) is 0 Å². The highest BCUT2D eigenvalue weighted by Gasteiger charge is 1.94. The highest BCUT2D eigenvalue weighted by molar-refractivity contribution is 5.20. The molecule has 0 heterocycles. The molecule has 0 N–H and O–H groups in total. The maximum absolute atomic E-state index is 3.30. The second kappa shape index (κ2) is 3.54. The van der Waals surface area contributed by atoms with Crippen molar-refractivity contribution in [2.75, 3.05) is 14.1 Å². The van der Waals surface area contributed by atoms with E-state index in [-0.39, 0.29) is 0 Å². The molecule has 11 heavy (non-hydrogen) atoms. The molecule has 0 saturated carbocycles. The lowest BCUT2D eigenvalue weighted by Crippen LogP contribution is -2.10. The van der Waals surface area contributed by atoms with E-state index in [4.69, 9.17) is 0 Å². The van der Waals surface area contributed by atoms with Gasteiger partial charge in [-0.1, -0.05) is 18.2 Å². The van der Waals surface area contributed by atoms with Gasteiger partial charge in [-0.15, -0.1) is 0 Å². The van der Waals surface area contributed by atoms with Gasteiger partial charge in [-0.25, -0.2) is 0 Å². The van der Waals surface area contributed by atoms with E-state index in [9.17, 15) is 0 Å². The Morgan fingerprint density at radius 2 is 2.09 bits per heavy atom. The lowest BCUT2D eigenvalue weighted by atomic mass is 10.1. The van der Waals surface area contributed by atoms with Gasteiger partial charge < -0.3 is 4.90 Å². The fourth-order valence-electron chi connectivity index (χ4n) is 1.08. The monoisotopic (exact) mass is 148 g/mol. The van der Waals surface area contributed by atoms with Crippen molar-refractivity contribution in [3.63, 3.8) is 0 Å². The van der Waals surface area contributed by atoms with Gasteiger partial charge in [0.15, 0.2) is 0 Å². The Kier molecular flexibility index (Phi) is 2.66. The van der Waals surface area contributed by atoms with Crippen LogP contribution >= 0.6 is 0 Å². The number of rotatable bonds is 2. The first-order valence-electron chi connectivity index (χ1n) is 3.81. The van der Waals surface area contributed by atoms with Gasteiger partial charge in [0, 0.05) is 6.54 Å². The SMILES string of the molecule is Cc1[c]c(CN(C)C)ccc1. The second-order valence-corrected chi connectivity index (χ2v) is 3.10. The van der Waals surface area contributed by atoms with E-state index in [1.807, 2.05) is 0 Å². The zero-order chi connectivity index (χ0) is 8.27. The van der Waals surface area contributed by atoms with Crippen LogP contribution in [0.5, 0.6) is 0 Å². The molecule has 0 unspecified atom stereocenters. The minimum Gasteiger partial charge on any atom is -0.305 e. The lowest BCUT2D eigenvalue weighted by Gasteiger charge is -2.08. The average Bonchev–Trinajstić information content (AvgIpc) is 1.85. The standard InChI is InChI=1S/C10H14N/c1-9-5-4-6-10(7-9)8-11(2)3/h4-6H,8H2,1-3H3. The maximum atomic E-state index is 3.30. The zero-order valence-electron chi connectivity index (χ0n) is 7.39. The molecule has 0 aliphatic heterocycles. The molecule has 1 heteroatoms. The van der Waals surface area contributed by atoms with Crippen LogP contribution in [0.15, 0.2) is 18.2 Å². The van der Waals surface area contributed by atoms with Crippen LogP contribution in [0, 0.1) is 13.0 Å². The molecule has 1 radical (unpaired) electrons. The smallest absolute Gasteiger partial charge is 0.0233 e. The van der Waals surface area contributed by atoms with E-state index >= 15 is 0 Å². The molecule has 1 aromatic carbocycles. The van der Waals surface area contributed by atoms with Gasteiger partial charge in [0.25, 0.3) is 0 Å². The topological polar surface area (TPSA) is 3.24 Å². The second-order valence-electron chi connectivity index (χ2n) is 3.10. The normalized spacial score (nSPS) is 10.5. The lowest BCUT2D eigenvalue weighted by molar-refractivity contribution is 0.402. The molecule has 0 saturated heterocycles. The Morgan fingerprint density at radius 3 is 2.64 bits per heavy atom. The van der Waals surface area contributed by atoms with Crippen molar-refractivity contribution in [1.82, 2.24) is 4.90 Å². The molecular formula is C10H14N. The molecule has 0 amide bonds. The first-order valence-corrected chi connectivity index (χ1v) is 3.81. The van der Waals surface area contributed by atoms with Crippen molar-refractivity contribution in [2.24, 2.45) is 0 Å². The third-order valence-corrected chi connectivity index (χ3v) is 1.49. The summed E-state index contributed by atoms with van der Waals surface area (Å²) in [4.78, 5) is 2.14.